The second-order valence-corrected chi connectivity index (χ2v) is 7.87. The molecule has 1 aromatic carbocycles. The second kappa shape index (κ2) is 5.61. The number of hydrogen-bond acceptors (Lipinski definition) is 3. The van der Waals surface area contributed by atoms with Gasteiger partial charge < -0.3 is 5.73 Å². The van der Waals surface area contributed by atoms with Gasteiger partial charge in [-0.15, -0.1) is 0 Å². The van der Waals surface area contributed by atoms with Crippen LogP contribution in [0.5, 0.6) is 0 Å². The largest absolute Gasteiger partial charge is 0.326 e. The van der Waals surface area contributed by atoms with E-state index in [2.05, 4.69) is 4.72 Å². The molecule has 1 rings (SSSR count). The van der Waals surface area contributed by atoms with Crippen LogP contribution in [-0.4, -0.2) is 15.0 Å². The number of benzene rings is 1. The third-order valence-corrected chi connectivity index (χ3v) is 4.48. The summed E-state index contributed by atoms with van der Waals surface area (Å²) < 4.78 is 27.3. The van der Waals surface area contributed by atoms with Gasteiger partial charge in [0, 0.05) is 13.1 Å². The van der Waals surface area contributed by atoms with Crippen molar-refractivity contribution in [1.82, 2.24) is 4.72 Å². The van der Waals surface area contributed by atoms with Crippen LogP contribution in [0.25, 0.3) is 0 Å². The normalized spacial score (nSPS) is 12.7. The molecule has 0 spiro atoms. The summed E-state index contributed by atoms with van der Waals surface area (Å²) >= 11 is 0. The van der Waals surface area contributed by atoms with Crippen LogP contribution in [0, 0.1) is 19.3 Å². The summed E-state index contributed by atoms with van der Waals surface area (Å²) in [5.41, 5.74) is 8.18. The fraction of sp³-hybridized carbons (Fsp3) is 0.571. The molecule has 0 unspecified atom stereocenters. The molecule has 1 aromatic rings. The van der Waals surface area contributed by atoms with Crippen LogP contribution in [-0.2, 0) is 16.6 Å². The highest BCUT2D eigenvalue weighted by molar-refractivity contribution is 7.89. The Bertz CT molecular complexity index is 558. The number of hydrogen-bond donors (Lipinski definition) is 2. The van der Waals surface area contributed by atoms with Gasteiger partial charge in [-0.3, -0.25) is 0 Å². The van der Waals surface area contributed by atoms with E-state index in [1.165, 1.54) is 0 Å². The van der Waals surface area contributed by atoms with Crippen LogP contribution in [0.4, 0.5) is 0 Å². The van der Waals surface area contributed by atoms with E-state index in [1.54, 1.807) is 13.0 Å². The summed E-state index contributed by atoms with van der Waals surface area (Å²) in [5.74, 6) is 0. The van der Waals surface area contributed by atoms with Crippen LogP contribution in [0.2, 0.25) is 0 Å². The molecular weight excluding hydrogens is 260 g/mol. The van der Waals surface area contributed by atoms with Gasteiger partial charge in [-0.2, -0.15) is 0 Å². The van der Waals surface area contributed by atoms with Crippen molar-refractivity contribution in [2.75, 3.05) is 6.54 Å². The van der Waals surface area contributed by atoms with Crippen molar-refractivity contribution in [1.29, 1.82) is 0 Å². The quantitative estimate of drug-likeness (QED) is 0.889. The van der Waals surface area contributed by atoms with Gasteiger partial charge >= 0.3 is 0 Å². The molecule has 0 aliphatic rings. The lowest BCUT2D eigenvalue weighted by Gasteiger charge is -2.20. The van der Waals surface area contributed by atoms with Gasteiger partial charge in [0.1, 0.15) is 0 Å². The summed E-state index contributed by atoms with van der Waals surface area (Å²) in [7, 11) is -3.48. The Labute approximate surface area is 116 Å². The summed E-state index contributed by atoms with van der Waals surface area (Å²) in [6.45, 7) is 10.5. The molecule has 0 bridgehead atoms. The number of nitrogens with one attached hydrogen (secondary N) is 1. The number of nitrogens with two attached hydrogens (primary N) is 1. The van der Waals surface area contributed by atoms with Crippen molar-refractivity contribution in [3.05, 3.63) is 28.8 Å². The van der Waals surface area contributed by atoms with Crippen molar-refractivity contribution >= 4 is 10.0 Å². The topological polar surface area (TPSA) is 72.2 Å². The minimum absolute atomic E-state index is 0.0949. The SMILES string of the molecule is Cc1cc(C)c(S(=O)(=O)NCC(C)(C)C)cc1CN. The lowest BCUT2D eigenvalue weighted by molar-refractivity contribution is 0.407. The lowest BCUT2D eigenvalue weighted by atomic mass is 9.98. The second-order valence-electron chi connectivity index (χ2n) is 6.13. The molecule has 0 radical (unpaired) electrons. The Hall–Kier alpha value is -0.910. The molecular formula is C14H24N2O2S. The molecule has 0 saturated carbocycles. The van der Waals surface area contributed by atoms with Crippen molar-refractivity contribution in [2.24, 2.45) is 11.1 Å². The zero-order valence-corrected chi connectivity index (χ0v) is 13.2. The zero-order chi connectivity index (χ0) is 14.8. The first-order valence-corrected chi connectivity index (χ1v) is 7.85. The minimum atomic E-state index is -3.48. The average Bonchev–Trinajstić information content (AvgIpc) is 2.25. The van der Waals surface area contributed by atoms with Crippen molar-refractivity contribution in [3.8, 4) is 0 Å². The predicted molar refractivity (Wildman–Crippen MR) is 78.5 cm³/mol. The monoisotopic (exact) mass is 284 g/mol. The van der Waals surface area contributed by atoms with Gasteiger partial charge in [0.05, 0.1) is 4.90 Å². The van der Waals surface area contributed by atoms with Gasteiger partial charge in [0.2, 0.25) is 10.0 Å². The highest BCUT2D eigenvalue weighted by Crippen LogP contribution is 2.21. The third kappa shape index (κ3) is 4.30. The van der Waals surface area contributed by atoms with Crippen molar-refractivity contribution in [2.45, 2.75) is 46.1 Å². The molecule has 0 aromatic heterocycles. The molecule has 0 aliphatic heterocycles. The van der Waals surface area contributed by atoms with Crippen LogP contribution >= 0.6 is 0 Å². The molecule has 19 heavy (non-hydrogen) atoms. The summed E-state index contributed by atoms with van der Waals surface area (Å²) in [4.78, 5) is 0.322. The van der Waals surface area contributed by atoms with Gasteiger partial charge in [-0.05, 0) is 42.0 Å². The first-order chi connectivity index (χ1) is 8.57. The van der Waals surface area contributed by atoms with E-state index in [9.17, 15) is 8.42 Å². The summed E-state index contributed by atoms with van der Waals surface area (Å²) in [6, 6.07) is 3.55. The molecule has 0 aliphatic carbocycles. The molecule has 5 heteroatoms. The Morgan fingerprint density at radius 1 is 1.16 bits per heavy atom. The van der Waals surface area contributed by atoms with Crippen molar-refractivity contribution < 1.29 is 8.42 Å². The van der Waals surface area contributed by atoms with Crippen LogP contribution < -0.4 is 10.5 Å². The average molecular weight is 284 g/mol. The summed E-state index contributed by atoms with van der Waals surface area (Å²) in [6.07, 6.45) is 0. The lowest BCUT2D eigenvalue weighted by Crippen LogP contribution is -2.32. The van der Waals surface area contributed by atoms with Crippen molar-refractivity contribution in [3.63, 3.8) is 0 Å². The maximum absolute atomic E-state index is 12.3. The first-order valence-electron chi connectivity index (χ1n) is 6.37. The van der Waals surface area contributed by atoms with Gasteiger partial charge in [0.25, 0.3) is 0 Å². The molecule has 0 heterocycles. The van der Waals surface area contributed by atoms with Crippen LogP contribution in [0.1, 0.15) is 37.5 Å². The maximum Gasteiger partial charge on any atom is 0.240 e. The number of sulfonamides is 1. The van der Waals surface area contributed by atoms with E-state index in [0.717, 1.165) is 16.7 Å². The van der Waals surface area contributed by atoms with E-state index in [0.29, 0.717) is 18.0 Å². The standard InChI is InChI=1S/C14H24N2O2S/c1-10-6-11(2)13(7-12(10)8-15)19(17,18)16-9-14(3,4)5/h6-7,16H,8-9,15H2,1-5H3. The predicted octanol–water partition coefficient (Wildman–Crippen LogP) is 2.09. The van der Waals surface area contributed by atoms with E-state index >= 15 is 0 Å². The first kappa shape index (κ1) is 16.1. The fourth-order valence-electron chi connectivity index (χ4n) is 1.77. The zero-order valence-electron chi connectivity index (χ0n) is 12.4. The molecule has 0 fully saturated rings. The Morgan fingerprint density at radius 3 is 2.21 bits per heavy atom. The number of rotatable bonds is 4. The van der Waals surface area contributed by atoms with Gasteiger partial charge in [-0.1, -0.05) is 26.8 Å². The fourth-order valence-corrected chi connectivity index (χ4v) is 3.33. The minimum Gasteiger partial charge on any atom is -0.326 e. The molecule has 4 nitrogen and oxygen atoms in total. The highest BCUT2D eigenvalue weighted by Gasteiger charge is 2.21. The highest BCUT2D eigenvalue weighted by atomic mass is 32.2. The smallest absolute Gasteiger partial charge is 0.240 e. The third-order valence-electron chi connectivity index (χ3n) is 2.94. The molecule has 3 N–H and O–H groups in total. The molecule has 0 saturated heterocycles. The molecule has 108 valence electrons. The molecule has 0 amide bonds. The van der Waals surface area contributed by atoms with Gasteiger partial charge in [0.15, 0.2) is 0 Å². The van der Waals surface area contributed by atoms with E-state index in [-0.39, 0.29) is 5.41 Å². The number of aryl methyl sites for hydroxylation is 2. The van der Waals surface area contributed by atoms with Crippen LogP contribution in [0.15, 0.2) is 17.0 Å². The molecule has 0 atom stereocenters. The Balaban J connectivity index is 3.14. The Kier molecular flexibility index (Phi) is 4.76. The van der Waals surface area contributed by atoms with Crippen LogP contribution in [0.3, 0.4) is 0 Å². The van der Waals surface area contributed by atoms with E-state index < -0.39 is 10.0 Å². The Morgan fingerprint density at radius 2 is 1.74 bits per heavy atom. The summed E-state index contributed by atoms with van der Waals surface area (Å²) in [5, 5.41) is 0. The van der Waals surface area contributed by atoms with E-state index in [4.69, 9.17) is 5.73 Å². The maximum atomic E-state index is 12.3. The van der Waals surface area contributed by atoms with Gasteiger partial charge in [-0.25, -0.2) is 13.1 Å². The van der Waals surface area contributed by atoms with E-state index in [1.807, 2.05) is 33.8 Å².